The molecule has 0 saturated heterocycles. The van der Waals surface area contributed by atoms with Gasteiger partial charge in [0.1, 0.15) is 0 Å². The number of hydrogen-bond donors (Lipinski definition) is 1. The summed E-state index contributed by atoms with van der Waals surface area (Å²) in [4.78, 5) is 5.73. The molecule has 0 amide bonds. The second kappa shape index (κ2) is 5.72. The van der Waals surface area contributed by atoms with Crippen LogP contribution in [-0.4, -0.2) is 4.98 Å². The first-order valence-electron chi connectivity index (χ1n) is 6.17. The van der Waals surface area contributed by atoms with Crippen LogP contribution in [0.5, 0.6) is 0 Å². The van der Waals surface area contributed by atoms with Crippen LogP contribution in [0.1, 0.15) is 10.6 Å². The molecule has 3 aromatic rings. The number of nitrogens with zero attached hydrogens (tertiary/aromatic N) is 1. The molecule has 0 bridgehead atoms. The highest BCUT2D eigenvalue weighted by Crippen LogP contribution is 2.30. The maximum absolute atomic E-state index is 6.13. The van der Waals surface area contributed by atoms with E-state index in [-0.39, 0.29) is 0 Å². The van der Waals surface area contributed by atoms with Crippen LogP contribution in [0.2, 0.25) is 5.02 Å². The van der Waals surface area contributed by atoms with E-state index in [9.17, 15) is 0 Å². The number of nitrogens with one attached hydrogen (secondary N) is 1. The molecule has 2 nitrogen and oxygen atoms in total. The van der Waals surface area contributed by atoms with Crippen molar-refractivity contribution >= 4 is 55.5 Å². The van der Waals surface area contributed by atoms with Crippen molar-refractivity contribution in [3.63, 3.8) is 0 Å². The van der Waals surface area contributed by atoms with Gasteiger partial charge in [0.2, 0.25) is 0 Å². The molecule has 20 heavy (non-hydrogen) atoms. The van der Waals surface area contributed by atoms with Crippen molar-refractivity contribution in [2.45, 2.75) is 13.5 Å². The van der Waals surface area contributed by atoms with Gasteiger partial charge in [0.05, 0.1) is 17.1 Å². The first-order valence-corrected chi connectivity index (χ1v) is 8.22. The lowest BCUT2D eigenvalue weighted by molar-refractivity contribution is 1.18. The first kappa shape index (κ1) is 13.9. The third-order valence-electron chi connectivity index (χ3n) is 3.05. The fraction of sp³-hybridized carbons (Fsp3) is 0.133. The number of aryl methyl sites for hydroxylation is 1. The molecule has 102 valence electrons. The molecule has 0 spiro atoms. The minimum atomic E-state index is 0.724. The molecule has 1 N–H and O–H groups in total. The van der Waals surface area contributed by atoms with Crippen molar-refractivity contribution in [3.8, 4) is 0 Å². The summed E-state index contributed by atoms with van der Waals surface area (Å²) >= 11 is 11.4. The van der Waals surface area contributed by atoms with Crippen molar-refractivity contribution in [1.82, 2.24) is 4.98 Å². The van der Waals surface area contributed by atoms with Gasteiger partial charge in [-0.05, 0) is 46.4 Å². The largest absolute Gasteiger partial charge is 0.379 e. The summed E-state index contributed by atoms with van der Waals surface area (Å²) in [6.07, 6.45) is 0. The number of rotatable bonds is 3. The smallest absolute Gasteiger partial charge is 0.0867 e. The molecule has 2 heterocycles. The lowest BCUT2D eigenvalue weighted by Gasteiger charge is -2.11. The highest BCUT2D eigenvalue weighted by Gasteiger charge is 2.08. The molecule has 1 aromatic carbocycles. The van der Waals surface area contributed by atoms with Crippen molar-refractivity contribution < 1.29 is 0 Å². The molecule has 3 rings (SSSR count). The number of benzene rings is 1. The molecule has 0 fully saturated rings. The van der Waals surface area contributed by atoms with Gasteiger partial charge in [0.25, 0.3) is 0 Å². The molecule has 2 aromatic heterocycles. The number of thiophene rings is 1. The lowest BCUT2D eigenvalue weighted by Crippen LogP contribution is -2.00. The Hall–Kier alpha value is -1.10. The van der Waals surface area contributed by atoms with Crippen LogP contribution in [0, 0.1) is 6.92 Å². The molecular weight excluding hydrogens is 356 g/mol. The van der Waals surface area contributed by atoms with E-state index in [2.05, 4.69) is 38.4 Å². The standard InChI is InChI=1S/C15H12BrClN2S/c1-9-7-13(18-8-14-12(17)5-6-20-14)10-3-2-4-11(16)15(10)19-9/h2-7H,8H2,1H3,(H,18,19). The van der Waals surface area contributed by atoms with Gasteiger partial charge in [-0.1, -0.05) is 23.7 Å². The van der Waals surface area contributed by atoms with Gasteiger partial charge in [0.15, 0.2) is 0 Å². The Bertz CT molecular complexity index is 770. The Morgan fingerprint density at radius 3 is 2.95 bits per heavy atom. The van der Waals surface area contributed by atoms with Crippen LogP contribution in [0.4, 0.5) is 5.69 Å². The molecule has 0 aliphatic heterocycles. The molecule has 0 unspecified atom stereocenters. The number of anilines is 1. The lowest BCUT2D eigenvalue weighted by atomic mass is 10.1. The average molecular weight is 368 g/mol. The molecule has 0 saturated carbocycles. The van der Waals surface area contributed by atoms with E-state index in [0.717, 1.165) is 43.2 Å². The monoisotopic (exact) mass is 366 g/mol. The minimum Gasteiger partial charge on any atom is -0.379 e. The van der Waals surface area contributed by atoms with Gasteiger partial charge in [0, 0.05) is 26.1 Å². The zero-order valence-electron chi connectivity index (χ0n) is 10.8. The van der Waals surface area contributed by atoms with E-state index in [0.29, 0.717) is 0 Å². The van der Waals surface area contributed by atoms with E-state index >= 15 is 0 Å². The van der Waals surface area contributed by atoms with Gasteiger partial charge < -0.3 is 5.32 Å². The summed E-state index contributed by atoms with van der Waals surface area (Å²) in [5.41, 5.74) is 3.05. The van der Waals surface area contributed by atoms with Crippen LogP contribution < -0.4 is 5.32 Å². The summed E-state index contributed by atoms with van der Waals surface area (Å²) in [5.74, 6) is 0. The van der Waals surface area contributed by atoms with Gasteiger partial charge in [-0.15, -0.1) is 11.3 Å². The van der Waals surface area contributed by atoms with Gasteiger partial charge in [-0.3, -0.25) is 4.98 Å². The van der Waals surface area contributed by atoms with Crippen LogP contribution in [0.15, 0.2) is 40.2 Å². The molecule has 0 aliphatic carbocycles. The summed E-state index contributed by atoms with van der Waals surface area (Å²) in [6, 6.07) is 10.1. The zero-order chi connectivity index (χ0) is 14.1. The van der Waals surface area contributed by atoms with Crippen LogP contribution in [0.25, 0.3) is 10.9 Å². The van der Waals surface area contributed by atoms with Gasteiger partial charge in [-0.2, -0.15) is 0 Å². The van der Waals surface area contributed by atoms with Gasteiger partial charge >= 0.3 is 0 Å². The number of aromatic nitrogens is 1. The molecule has 0 aliphatic rings. The Morgan fingerprint density at radius 2 is 2.20 bits per heavy atom. The van der Waals surface area contributed by atoms with Gasteiger partial charge in [-0.25, -0.2) is 0 Å². The summed E-state index contributed by atoms with van der Waals surface area (Å²) in [6.45, 7) is 2.73. The number of para-hydroxylation sites is 1. The number of hydrogen-bond acceptors (Lipinski definition) is 3. The molecule has 0 radical (unpaired) electrons. The molecular formula is C15H12BrClN2S. The second-order valence-corrected chi connectivity index (χ2v) is 6.75. The predicted molar refractivity (Wildman–Crippen MR) is 90.8 cm³/mol. The van der Waals surface area contributed by atoms with Crippen molar-refractivity contribution in [1.29, 1.82) is 0 Å². The molecule has 0 atom stereocenters. The van der Waals surface area contributed by atoms with Crippen LogP contribution in [-0.2, 0) is 6.54 Å². The summed E-state index contributed by atoms with van der Waals surface area (Å²) < 4.78 is 1.01. The Morgan fingerprint density at radius 1 is 1.35 bits per heavy atom. The topological polar surface area (TPSA) is 24.9 Å². The normalized spacial score (nSPS) is 10.9. The minimum absolute atomic E-state index is 0.724. The third kappa shape index (κ3) is 2.68. The van der Waals surface area contributed by atoms with Crippen LogP contribution >= 0.6 is 38.9 Å². The third-order valence-corrected chi connectivity index (χ3v) is 5.08. The van der Waals surface area contributed by atoms with Crippen molar-refractivity contribution in [2.75, 3.05) is 5.32 Å². The predicted octanol–water partition coefficient (Wildman–Crippen LogP) is 5.63. The fourth-order valence-corrected chi connectivity index (χ4v) is 3.61. The van der Waals surface area contributed by atoms with E-state index < -0.39 is 0 Å². The SMILES string of the molecule is Cc1cc(NCc2sccc2Cl)c2cccc(Br)c2n1. The van der Waals surface area contributed by atoms with E-state index in [1.807, 2.05) is 30.5 Å². The molecule has 5 heteroatoms. The van der Waals surface area contributed by atoms with Crippen molar-refractivity contribution in [2.24, 2.45) is 0 Å². The highest BCUT2D eigenvalue weighted by atomic mass is 79.9. The second-order valence-electron chi connectivity index (χ2n) is 4.49. The Labute approximate surface area is 134 Å². The first-order chi connectivity index (χ1) is 9.65. The van der Waals surface area contributed by atoms with E-state index in [1.165, 1.54) is 0 Å². The quantitative estimate of drug-likeness (QED) is 0.648. The summed E-state index contributed by atoms with van der Waals surface area (Å²) in [5, 5.41) is 7.40. The van der Waals surface area contributed by atoms with Crippen LogP contribution in [0.3, 0.4) is 0 Å². The number of fused-ring (bicyclic) bond motifs is 1. The average Bonchev–Trinajstić information content (AvgIpc) is 2.83. The van der Waals surface area contributed by atoms with Crippen molar-refractivity contribution in [3.05, 3.63) is 55.8 Å². The Kier molecular flexibility index (Phi) is 3.96. The number of halogens is 2. The highest BCUT2D eigenvalue weighted by molar-refractivity contribution is 9.10. The van der Waals surface area contributed by atoms with E-state index in [4.69, 9.17) is 11.6 Å². The fourth-order valence-electron chi connectivity index (χ4n) is 2.11. The number of pyridine rings is 1. The Balaban J connectivity index is 1.99. The summed E-state index contributed by atoms with van der Waals surface area (Å²) in [7, 11) is 0. The van der Waals surface area contributed by atoms with E-state index in [1.54, 1.807) is 11.3 Å². The maximum atomic E-state index is 6.13. The maximum Gasteiger partial charge on any atom is 0.0867 e. The zero-order valence-corrected chi connectivity index (χ0v) is 13.9.